The van der Waals surface area contributed by atoms with Gasteiger partial charge in [-0.2, -0.15) is 0 Å². The van der Waals surface area contributed by atoms with Crippen molar-refractivity contribution >= 4 is 11.7 Å². The molecule has 3 rings (SSSR count). The Morgan fingerprint density at radius 2 is 1.85 bits per heavy atom. The van der Waals surface area contributed by atoms with Crippen molar-refractivity contribution in [1.29, 1.82) is 0 Å². The van der Waals surface area contributed by atoms with Crippen LogP contribution in [0.4, 0.5) is 10.5 Å². The summed E-state index contributed by atoms with van der Waals surface area (Å²) in [5.41, 5.74) is 2.33. The second kappa shape index (κ2) is 7.39. The monoisotopic (exact) mass is 350 g/mol. The molecule has 0 fully saturated rings. The Kier molecular flexibility index (Phi) is 5.02. The Hall–Kier alpha value is -3.15. The number of nitrogens with one attached hydrogen (secondary N) is 2. The lowest BCUT2D eigenvalue weighted by Crippen LogP contribution is -2.39. The lowest BCUT2D eigenvalue weighted by Gasteiger charge is -2.32. The Morgan fingerprint density at radius 1 is 1.08 bits per heavy atom. The zero-order valence-corrected chi connectivity index (χ0v) is 15.1. The van der Waals surface area contributed by atoms with E-state index in [2.05, 4.69) is 41.6 Å². The van der Waals surface area contributed by atoms with Crippen molar-refractivity contribution in [3.63, 3.8) is 0 Å². The Labute approximate surface area is 152 Å². The molecule has 0 bridgehead atoms. The molecule has 0 saturated heterocycles. The number of nitrogens with zero attached hydrogens (tertiary/aromatic N) is 2. The van der Waals surface area contributed by atoms with Gasteiger partial charge >= 0.3 is 6.03 Å². The number of carbonyl (C=O) groups is 1. The third kappa shape index (κ3) is 4.27. The van der Waals surface area contributed by atoms with E-state index >= 15 is 0 Å². The van der Waals surface area contributed by atoms with Gasteiger partial charge in [-0.25, -0.2) is 4.79 Å². The van der Waals surface area contributed by atoms with Gasteiger partial charge in [0.2, 0.25) is 12.3 Å². The summed E-state index contributed by atoms with van der Waals surface area (Å²) in [5, 5.41) is 13.5. The van der Waals surface area contributed by atoms with E-state index < -0.39 is 0 Å². The first-order chi connectivity index (χ1) is 12.4. The van der Waals surface area contributed by atoms with Crippen LogP contribution in [-0.2, 0) is 0 Å². The second-order valence-corrected chi connectivity index (χ2v) is 7.13. The van der Waals surface area contributed by atoms with E-state index in [1.165, 1.54) is 6.39 Å². The molecule has 0 radical (unpaired) electrons. The van der Waals surface area contributed by atoms with Crippen molar-refractivity contribution in [2.24, 2.45) is 5.41 Å². The predicted octanol–water partition coefficient (Wildman–Crippen LogP) is 4.65. The van der Waals surface area contributed by atoms with Crippen LogP contribution < -0.4 is 10.6 Å². The number of rotatable bonds is 4. The van der Waals surface area contributed by atoms with Crippen LogP contribution in [0.3, 0.4) is 0 Å². The van der Waals surface area contributed by atoms with Crippen molar-refractivity contribution in [2.45, 2.75) is 26.8 Å². The van der Waals surface area contributed by atoms with E-state index in [1.807, 2.05) is 48.5 Å². The minimum absolute atomic E-state index is 0.122. The summed E-state index contributed by atoms with van der Waals surface area (Å²) in [6.07, 6.45) is 1.27. The predicted molar refractivity (Wildman–Crippen MR) is 101 cm³/mol. The highest BCUT2D eigenvalue weighted by Gasteiger charge is 2.27. The molecule has 1 atom stereocenters. The van der Waals surface area contributed by atoms with E-state index in [-0.39, 0.29) is 17.5 Å². The summed E-state index contributed by atoms with van der Waals surface area (Å²) in [4.78, 5) is 12.6. The lowest BCUT2D eigenvalue weighted by molar-refractivity contribution is 0.229. The molecule has 1 heterocycles. The minimum Gasteiger partial charge on any atom is -0.423 e. The molecule has 0 spiro atoms. The molecule has 3 aromatic rings. The zero-order valence-electron chi connectivity index (χ0n) is 15.1. The molecular formula is C20H22N4O2. The van der Waals surface area contributed by atoms with Crippen molar-refractivity contribution in [2.75, 3.05) is 5.32 Å². The summed E-state index contributed by atoms with van der Waals surface area (Å²) in [5.74, 6) is 0.408. The maximum atomic E-state index is 12.6. The molecule has 1 aromatic heterocycles. The van der Waals surface area contributed by atoms with Crippen LogP contribution in [0.1, 0.15) is 32.4 Å². The summed E-state index contributed by atoms with van der Waals surface area (Å²) in [7, 11) is 0. The fourth-order valence-electron chi connectivity index (χ4n) is 2.77. The van der Waals surface area contributed by atoms with Gasteiger partial charge in [0.25, 0.3) is 0 Å². The molecule has 0 aliphatic carbocycles. The maximum absolute atomic E-state index is 12.6. The molecule has 2 amide bonds. The normalized spacial score (nSPS) is 12.4. The summed E-state index contributed by atoms with van der Waals surface area (Å²) >= 11 is 0. The SMILES string of the molecule is CC(C)(C)C(NC(=O)Nc1cccc(-c2nnco2)c1)c1ccccc1. The number of amides is 2. The number of carbonyl (C=O) groups excluding carboxylic acids is 1. The van der Waals surface area contributed by atoms with E-state index in [1.54, 1.807) is 6.07 Å². The first-order valence-electron chi connectivity index (χ1n) is 8.42. The van der Waals surface area contributed by atoms with Crippen LogP contribution in [0, 0.1) is 5.41 Å². The zero-order chi connectivity index (χ0) is 18.6. The van der Waals surface area contributed by atoms with Crippen LogP contribution in [0.2, 0.25) is 0 Å². The third-order valence-electron chi connectivity index (χ3n) is 4.00. The Morgan fingerprint density at radius 3 is 2.50 bits per heavy atom. The van der Waals surface area contributed by atoms with Crippen LogP contribution in [0.25, 0.3) is 11.5 Å². The highest BCUT2D eigenvalue weighted by Crippen LogP contribution is 2.32. The average molecular weight is 350 g/mol. The molecule has 6 nitrogen and oxygen atoms in total. The van der Waals surface area contributed by atoms with Gasteiger partial charge in [0.1, 0.15) is 0 Å². The molecule has 1 unspecified atom stereocenters. The quantitative estimate of drug-likeness (QED) is 0.718. The van der Waals surface area contributed by atoms with E-state index in [0.717, 1.165) is 11.1 Å². The Bertz CT molecular complexity index is 855. The highest BCUT2D eigenvalue weighted by atomic mass is 16.4. The fraction of sp³-hybridized carbons (Fsp3) is 0.250. The van der Waals surface area contributed by atoms with E-state index in [9.17, 15) is 4.79 Å². The van der Waals surface area contributed by atoms with Crippen molar-refractivity contribution in [3.05, 3.63) is 66.6 Å². The Balaban J connectivity index is 1.74. The first-order valence-corrected chi connectivity index (χ1v) is 8.42. The molecule has 2 aromatic carbocycles. The summed E-state index contributed by atoms with van der Waals surface area (Å²) in [6.45, 7) is 6.30. The fourth-order valence-corrected chi connectivity index (χ4v) is 2.77. The van der Waals surface area contributed by atoms with Gasteiger partial charge in [0.05, 0.1) is 6.04 Å². The largest absolute Gasteiger partial charge is 0.423 e. The molecular weight excluding hydrogens is 328 g/mol. The second-order valence-electron chi connectivity index (χ2n) is 7.13. The minimum atomic E-state index is -0.267. The highest BCUT2D eigenvalue weighted by molar-refractivity contribution is 5.90. The number of hydrogen-bond donors (Lipinski definition) is 2. The number of aromatic nitrogens is 2. The molecule has 134 valence electrons. The first kappa shape index (κ1) is 17.7. The molecule has 6 heteroatoms. The van der Waals surface area contributed by atoms with Crippen molar-refractivity contribution in [1.82, 2.24) is 15.5 Å². The van der Waals surface area contributed by atoms with E-state index in [0.29, 0.717) is 11.6 Å². The van der Waals surface area contributed by atoms with E-state index in [4.69, 9.17) is 4.42 Å². The number of benzene rings is 2. The molecule has 0 saturated carbocycles. The molecule has 2 N–H and O–H groups in total. The van der Waals surface area contributed by atoms with Crippen LogP contribution >= 0.6 is 0 Å². The van der Waals surface area contributed by atoms with Gasteiger partial charge in [-0.05, 0) is 29.2 Å². The molecule has 0 aliphatic rings. The summed E-state index contributed by atoms with van der Waals surface area (Å²) < 4.78 is 5.20. The van der Waals surface area contributed by atoms with Gasteiger partial charge in [-0.1, -0.05) is 57.2 Å². The topological polar surface area (TPSA) is 80.0 Å². The standard InChI is InChI=1S/C20H22N4O2/c1-20(2,3)17(14-8-5-4-6-9-14)23-19(25)22-16-11-7-10-15(12-16)18-24-21-13-26-18/h4-13,17H,1-3H3,(H2,22,23,25). The van der Waals surface area contributed by atoms with Crippen molar-refractivity contribution < 1.29 is 9.21 Å². The van der Waals surface area contributed by atoms with Gasteiger partial charge in [0, 0.05) is 11.3 Å². The average Bonchev–Trinajstić information content (AvgIpc) is 3.14. The van der Waals surface area contributed by atoms with Gasteiger partial charge in [-0.15, -0.1) is 10.2 Å². The third-order valence-corrected chi connectivity index (χ3v) is 4.00. The summed E-state index contributed by atoms with van der Waals surface area (Å²) in [6, 6.07) is 16.8. The smallest absolute Gasteiger partial charge is 0.319 e. The number of hydrogen-bond acceptors (Lipinski definition) is 4. The van der Waals surface area contributed by atoms with Crippen LogP contribution in [0.5, 0.6) is 0 Å². The van der Waals surface area contributed by atoms with Crippen LogP contribution in [-0.4, -0.2) is 16.2 Å². The van der Waals surface area contributed by atoms with Crippen LogP contribution in [0.15, 0.2) is 65.4 Å². The van der Waals surface area contributed by atoms with Gasteiger partial charge < -0.3 is 15.1 Å². The molecule has 26 heavy (non-hydrogen) atoms. The number of urea groups is 1. The number of anilines is 1. The van der Waals surface area contributed by atoms with Crippen molar-refractivity contribution in [3.8, 4) is 11.5 Å². The molecule has 0 aliphatic heterocycles. The van der Waals surface area contributed by atoms with Gasteiger partial charge in [-0.3, -0.25) is 0 Å². The maximum Gasteiger partial charge on any atom is 0.319 e. The van der Waals surface area contributed by atoms with Gasteiger partial charge in [0.15, 0.2) is 0 Å². The lowest BCUT2D eigenvalue weighted by atomic mass is 9.82.